The van der Waals surface area contributed by atoms with Crippen LogP contribution in [0.25, 0.3) is 0 Å². The molecule has 0 bridgehead atoms. The van der Waals surface area contributed by atoms with E-state index in [0.717, 1.165) is 12.1 Å². The molecule has 1 heterocycles. The van der Waals surface area contributed by atoms with Crippen molar-refractivity contribution in [1.29, 1.82) is 5.26 Å². The molecule has 15 heavy (non-hydrogen) atoms. The van der Waals surface area contributed by atoms with Crippen LogP contribution in [-0.2, 0) is 0 Å². The molecular weight excluding hydrogens is 186 g/mol. The van der Waals surface area contributed by atoms with Gasteiger partial charge in [0.25, 0.3) is 0 Å². The first-order valence-electron chi connectivity index (χ1n) is 5.34. The molecule has 0 amide bonds. The molecule has 1 aromatic rings. The van der Waals surface area contributed by atoms with Gasteiger partial charge in [0.15, 0.2) is 0 Å². The smallest absolute Gasteiger partial charge is 0.141 e. The minimum absolute atomic E-state index is 0.372. The molecule has 0 fully saturated rings. The second-order valence-electron chi connectivity index (χ2n) is 4.39. The van der Waals surface area contributed by atoms with Crippen molar-refractivity contribution in [3.63, 3.8) is 0 Å². The first-order valence-corrected chi connectivity index (χ1v) is 5.34. The van der Waals surface area contributed by atoms with E-state index in [9.17, 15) is 0 Å². The van der Waals surface area contributed by atoms with Gasteiger partial charge in [0.05, 0.1) is 5.56 Å². The van der Waals surface area contributed by atoms with Gasteiger partial charge in [-0.3, -0.25) is 0 Å². The predicted octanol–water partition coefficient (Wildman–Crippen LogP) is 2.54. The minimum atomic E-state index is 0.372. The number of nitrogens with two attached hydrogens (primary N) is 1. The maximum atomic E-state index is 8.90. The number of hydrogen-bond donors (Lipinski definition) is 1. The van der Waals surface area contributed by atoms with E-state index in [1.165, 1.54) is 12.0 Å². The molecule has 2 N–H and O–H groups in total. The fraction of sp³-hybridized carbons (Fsp3) is 0.500. The summed E-state index contributed by atoms with van der Waals surface area (Å²) in [5, 5.41) is 8.90. The van der Waals surface area contributed by atoms with E-state index >= 15 is 0 Å². The SMILES string of the molecule is CC1CCC(C)c2nc(N)c(C#N)cc21. The van der Waals surface area contributed by atoms with Crippen molar-refractivity contribution in [2.75, 3.05) is 5.73 Å². The zero-order chi connectivity index (χ0) is 11.0. The molecule has 78 valence electrons. The van der Waals surface area contributed by atoms with Crippen molar-refractivity contribution in [3.8, 4) is 6.07 Å². The van der Waals surface area contributed by atoms with E-state index in [1.807, 2.05) is 6.07 Å². The third-order valence-corrected chi connectivity index (χ3v) is 3.26. The Morgan fingerprint density at radius 3 is 2.73 bits per heavy atom. The molecule has 3 heteroatoms. The standard InChI is InChI=1S/C12H15N3/c1-7-3-4-8(2)11-10(7)5-9(6-13)12(14)15-11/h5,7-8H,3-4H2,1-2H3,(H2,14,15). The molecule has 2 unspecified atom stereocenters. The summed E-state index contributed by atoms with van der Waals surface area (Å²) in [5.41, 5.74) is 8.53. The first kappa shape index (κ1) is 9.97. The fourth-order valence-electron chi connectivity index (χ4n) is 2.23. The van der Waals surface area contributed by atoms with Gasteiger partial charge in [0, 0.05) is 5.69 Å². The number of fused-ring (bicyclic) bond motifs is 1. The first-order chi connectivity index (χ1) is 7.13. The van der Waals surface area contributed by atoms with Gasteiger partial charge in [-0.2, -0.15) is 5.26 Å². The van der Waals surface area contributed by atoms with Crippen LogP contribution in [0.2, 0.25) is 0 Å². The second-order valence-corrected chi connectivity index (χ2v) is 4.39. The molecule has 0 aliphatic heterocycles. The van der Waals surface area contributed by atoms with Crippen LogP contribution >= 0.6 is 0 Å². The van der Waals surface area contributed by atoms with Gasteiger partial charge < -0.3 is 5.73 Å². The fourth-order valence-corrected chi connectivity index (χ4v) is 2.23. The number of nitriles is 1. The van der Waals surface area contributed by atoms with Gasteiger partial charge in [-0.1, -0.05) is 13.8 Å². The number of nitrogens with zero attached hydrogens (tertiary/aromatic N) is 2. The Morgan fingerprint density at radius 1 is 1.40 bits per heavy atom. The number of nitrogen functional groups attached to an aromatic ring is 1. The van der Waals surface area contributed by atoms with Gasteiger partial charge in [0.1, 0.15) is 11.9 Å². The Kier molecular flexibility index (Phi) is 2.36. The molecule has 3 nitrogen and oxygen atoms in total. The van der Waals surface area contributed by atoms with E-state index in [-0.39, 0.29) is 0 Å². The number of rotatable bonds is 0. The molecule has 1 aliphatic rings. The maximum Gasteiger partial charge on any atom is 0.141 e. The van der Waals surface area contributed by atoms with Crippen molar-refractivity contribution in [2.45, 2.75) is 38.5 Å². The zero-order valence-electron chi connectivity index (χ0n) is 9.12. The summed E-state index contributed by atoms with van der Waals surface area (Å²) in [6.45, 7) is 4.35. The highest BCUT2D eigenvalue weighted by atomic mass is 14.9. The Bertz CT molecular complexity index is 431. The van der Waals surface area contributed by atoms with Gasteiger partial charge in [-0.05, 0) is 36.3 Å². The highest BCUT2D eigenvalue weighted by Gasteiger charge is 2.24. The van der Waals surface area contributed by atoms with Gasteiger partial charge in [-0.15, -0.1) is 0 Å². The van der Waals surface area contributed by atoms with Gasteiger partial charge in [0.2, 0.25) is 0 Å². The average Bonchev–Trinajstić information content (AvgIpc) is 2.23. The number of anilines is 1. The molecule has 2 atom stereocenters. The number of aromatic nitrogens is 1. The van der Waals surface area contributed by atoms with E-state index in [4.69, 9.17) is 11.0 Å². The van der Waals surface area contributed by atoms with Crippen LogP contribution in [0.5, 0.6) is 0 Å². The van der Waals surface area contributed by atoms with Crippen LogP contribution in [0.4, 0.5) is 5.82 Å². The van der Waals surface area contributed by atoms with Gasteiger partial charge >= 0.3 is 0 Å². The van der Waals surface area contributed by atoms with Crippen LogP contribution in [0.3, 0.4) is 0 Å². The maximum absolute atomic E-state index is 8.90. The van der Waals surface area contributed by atoms with Crippen LogP contribution in [0, 0.1) is 11.3 Å². The quantitative estimate of drug-likeness (QED) is 0.701. The second kappa shape index (κ2) is 3.54. The lowest BCUT2D eigenvalue weighted by atomic mass is 9.81. The van der Waals surface area contributed by atoms with Crippen molar-refractivity contribution in [1.82, 2.24) is 4.98 Å². The third-order valence-electron chi connectivity index (χ3n) is 3.26. The lowest BCUT2D eigenvalue weighted by Crippen LogP contribution is -2.14. The molecule has 0 radical (unpaired) electrons. The third kappa shape index (κ3) is 1.56. The van der Waals surface area contributed by atoms with E-state index < -0.39 is 0 Å². The van der Waals surface area contributed by atoms with E-state index in [1.54, 1.807) is 0 Å². The molecule has 0 spiro atoms. The van der Waals surface area contributed by atoms with Crippen molar-refractivity contribution < 1.29 is 0 Å². The van der Waals surface area contributed by atoms with Crippen LogP contribution < -0.4 is 5.73 Å². The number of hydrogen-bond acceptors (Lipinski definition) is 3. The molecule has 1 aromatic heterocycles. The highest BCUT2D eigenvalue weighted by Crippen LogP contribution is 2.38. The van der Waals surface area contributed by atoms with Crippen LogP contribution in [0.1, 0.15) is 55.3 Å². The van der Waals surface area contributed by atoms with Crippen molar-refractivity contribution in [3.05, 3.63) is 22.9 Å². The van der Waals surface area contributed by atoms with E-state index in [2.05, 4.69) is 24.9 Å². The Balaban J connectivity index is 2.60. The predicted molar refractivity (Wildman–Crippen MR) is 59.4 cm³/mol. The topological polar surface area (TPSA) is 62.7 Å². The lowest BCUT2D eigenvalue weighted by Gasteiger charge is -2.26. The lowest BCUT2D eigenvalue weighted by molar-refractivity contribution is 0.515. The average molecular weight is 201 g/mol. The molecule has 0 saturated carbocycles. The molecule has 0 aromatic carbocycles. The van der Waals surface area contributed by atoms with Crippen molar-refractivity contribution in [2.24, 2.45) is 0 Å². The summed E-state index contributed by atoms with van der Waals surface area (Å²) in [6, 6.07) is 4.01. The summed E-state index contributed by atoms with van der Waals surface area (Å²) < 4.78 is 0. The highest BCUT2D eigenvalue weighted by molar-refractivity contribution is 5.52. The van der Waals surface area contributed by atoms with Crippen molar-refractivity contribution >= 4 is 5.82 Å². The summed E-state index contributed by atoms with van der Waals surface area (Å²) in [7, 11) is 0. The van der Waals surface area contributed by atoms with Gasteiger partial charge in [-0.25, -0.2) is 4.98 Å². The molecule has 0 saturated heterocycles. The van der Waals surface area contributed by atoms with E-state index in [0.29, 0.717) is 23.2 Å². The Hall–Kier alpha value is -1.56. The molecule has 2 rings (SSSR count). The largest absolute Gasteiger partial charge is 0.383 e. The summed E-state index contributed by atoms with van der Waals surface area (Å²) in [6.07, 6.45) is 2.33. The van der Waals surface area contributed by atoms with Crippen LogP contribution in [-0.4, -0.2) is 4.98 Å². The summed E-state index contributed by atoms with van der Waals surface area (Å²) in [5.74, 6) is 1.33. The molecular formula is C12H15N3. The number of pyridine rings is 1. The Labute approximate surface area is 89.9 Å². The molecule has 1 aliphatic carbocycles. The Morgan fingerprint density at radius 2 is 2.07 bits per heavy atom. The van der Waals surface area contributed by atoms with Crippen LogP contribution in [0.15, 0.2) is 6.07 Å². The normalized spacial score (nSPS) is 24.3. The minimum Gasteiger partial charge on any atom is -0.383 e. The zero-order valence-corrected chi connectivity index (χ0v) is 9.12. The summed E-state index contributed by atoms with van der Waals surface area (Å²) in [4.78, 5) is 4.37. The summed E-state index contributed by atoms with van der Waals surface area (Å²) >= 11 is 0. The monoisotopic (exact) mass is 201 g/mol.